The minimum absolute atomic E-state index is 0.0879. The summed E-state index contributed by atoms with van der Waals surface area (Å²) >= 11 is 0. The Labute approximate surface area is 462 Å². The molecule has 1 atom stereocenters. The van der Waals surface area contributed by atoms with Gasteiger partial charge in [-0.2, -0.15) is 0 Å². The van der Waals surface area contributed by atoms with E-state index in [2.05, 4.69) is 154 Å². The lowest BCUT2D eigenvalue weighted by atomic mass is 10.1. The first-order valence-electron chi connectivity index (χ1n) is 30.7. The summed E-state index contributed by atoms with van der Waals surface area (Å²) in [4.78, 5) is 38.0. The van der Waals surface area contributed by atoms with Gasteiger partial charge in [-0.3, -0.25) is 14.4 Å². The first-order chi connectivity index (χ1) is 37.0. The quantitative estimate of drug-likeness (QED) is 0.0261. The number of unbranched alkanes of at least 4 members (excludes halogenated alkanes) is 21. The summed E-state index contributed by atoms with van der Waals surface area (Å²) in [5, 5.41) is 0. The summed E-state index contributed by atoms with van der Waals surface area (Å²) < 4.78 is 16.8. The van der Waals surface area contributed by atoms with E-state index in [1.165, 1.54) is 77.0 Å². The summed E-state index contributed by atoms with van der Waals surface area (Å²) in [7, 11) is 0. The van der Waals surface area contributed by atoms with Gasteiger partial charge in [0, 0.05) is 19.3 Å². The van der Waals surface area contributed by atoms with Crippen molar-refractivity contribution in [2.24, 2.45) is 0 Å². The van der Waals surface area contributed by atoms with Gasteiger partial charge in [-0.05, 0) is 116 Å². The first-order valence-corrected chi connectivity index (χ1v) is 30.7. The highest BCUT2D eigenvalue weighted by molar-refractivity contribution is 5.71. The molecule has 0 aliphatic carbocycles. The number of rotatable bonds is 54. The zero-order valence-corrected chi connectivity index (χ0v) is 48.5. The second kappa shape index (κ2) is 62.1. The van der Waals surface area contributed by atoms with Crippen LogP contribution in [0.15, 0.2) is 134 Å². The molecule has 0 saturated heterocycles. The Morgan fingerprint density at radius 2 is 0.520 bits per heavy atom. The SMILES string of the molecule is CC/C=C\C/C=C\C/C=C\C/C=C\C/C=C\C/C=C\C/C=C\CCCCCCCCCCCC(=O)OCC(COC(=O)CCCCCCCCC)OC(=O)CCCCCCCC/C=C\C/C=C\C/C=C\C/C=C\CC. The Hall–Kier alpha value is -4.45. The normalized spacial score (nSPS) is 13.1. The highest BCUT2D eigenvalue weighted by Crippen LogP contribution is 2.15. The number of carbonyl (C=O) groups is 3. The van der Waals surface area contributed by atoms with Crippen LogP contribution in [0.1, 0.15) is 265 Å². The number of allylic oxidation sites excluding steroid dienone is 22. The first kappa shape index (κ1) is 70.5. The van der Waals surface area contributed by atoms with Crippen LogP contribution in [0, 0.1) is 0 Å². The van der Waals surface area contributed by atoms with Crippen LogP contribution in [0.5, 0.6) is 0 Å². The summed E-state index contributed by atoms with van der Waals surface area (Å²) in [6.45, 7) is 6.35. The Morgan fingerprint density at radius 1 is 0.280 bits per heavy atom. The lowest BCUT2D eigenvalue weighted by Gasteiger charge is -2.18. The van der Waals surface area contributed by atoms with Gasteiger partial charge in [-0.25, -0.2) is 0 Å². The smallest absolute Gasteiger partial charge is 0.306 e. The summed E-state index contributed by atoms with van der Waals surface area (Å²) in [6.07, 6.45) is 87.6. The van der Waals surface area contributed by atoms with Crippen LogP contribution < -0.4 is 0 Å². The van der Waals surface area contributed by atoms with Crippen molar-refractivity contribution < 1.29 is 28.6 Å². The summed E-state index contributed by atoms with van der Waals surface area (Å²) in [5.41, 5.74) is 0. The molecular weight excluding hydrogens is 925 g/mol. The molecule has 424 valence electrons. The van der Waals surface area contributed by atoms with Gasteiger partial charge in [0.1, 0.15) is 13.2 Å². The maximum atomic E-state index is 12.8. The fourth-order valence-electron chi connectivity index (χ4n) is 8.12. The van der Waals surface area contributed by atoms with Gasteiger partial charge in [0.2, 0.25) is 0 Å². The predicted molar refractivity (Wildman–Crippen MR) is 325 cm³/mol. The van der Waals surface area contributed by atoms with Crippen molar-refractivity contribution in [1.29, 1.82) is 0 Å². The average Bonchev–Trinajstić information content (AvgIpc) is 3.41. The van der Waals surface area contributed by atoms with E-state index in [0.717, 1.165) is 148 Å². The van der Waals surface area contributed by atoms with Crippen LogP contribution in [0.2, 0.25) is 0 Å². The molecule has 0 aromatic rings. The van der Waals surface area contributed by atoms with E-state index in [1.54, 1.807) is 0 Å². The maximum Gasteiger partial charge on any atom is 0.306 e. The fraction of sp³-hybridized carbons (Fsp3) is 0.638. The van der Waals surface area contributed by atoms with Crippen LogP contribution in [0.4, 0.5) is 0 Å². The van der Waals surface area contributed by atoms with Gasteiger partial charge < -0.3 is 14.2 Å². The Bertz CT molecular complexity index is 1620. The number of esters is 3. The van der Waals surface area contributed by atoms with E-state index in [4.69, 9.17) is 14.2 Å². The third kappa shape index (κ3) is 60.3. The summed E-state index contributed by atoms with van der Waals surface area (Å²) in [5.74, 6) is -0.916. The van der Waals surface area contributed by atoms with Crippen LogP contribution in [-0.2, 0) is 28.6 Å². The van der Waals surface area contributed by atoms with Gasteiger partial charge in [0.15, 0.2) is 6.10 Å². The molecule has 0 amide bonds. The van der Waals surface area contributed by atoms with Gasteiger partial charge in [-0.15, -0.1) is 0 Å². The van der Waals surface area contributed by atoms with E-state index >= 15 is 0 Å². The zero-order chi connectivity index (χ0) is 54.3. The fourth-order valence-corrected chi connectivity index (χ4v) is 8.12. The minimum atomic E-state index is -0.790. The molecule has 0 fully saturated rings. The Morgan fingerprint density at radius 3 is 0.813 bits per heavy atom. The molecule has 0 aliphatic heterocycles. The summed E-state index contributed by atoms with van der Waals surface area (Å²) in [6, 6.07) is 0. The van der Waals surface area contributed by atoms with Gasteiger partial charge in [0.05, 0.1) is 0 Å². The molecule has 75 heavy (non-hydrogen) atoms. The average molecular weight is 1040 g/mol. The zero-order valence-electron chi connectivity index (χ0n) is 48.5. The molecule has 0 N–H and O–H groups in total. The molecule has 0 saturated carbocycles. The molecule has 6 nitrogen and oxygen atoms in total. The van der Waals surface area contributed by atoms with Gasteiger partial charge in [0.25, 0.3) is 0 Å². The molecule has 0 radical (unpaired) electrons. The van der Waals surface area contributed by atoms with Crippen molar-refractivity contribution in [1.82, 2.24) is 0 Å². The second-order valence-corrected chi connectivity index (χ2v) is 19.9. The van der Waals surface area contributed by atoms with E-state index in [9.17, 15) is 14.4 Å². The molecular formula is C69H112O6. The highest BCUT2D eigenvalue weighted by Gasteiger charge is 2.19. The molecule has 1 unspecified atom stereocenters. The molecule has 0 heterocycles. The molecule has 0 aliphatic rings. The van der Waals surface area contributed by atoms with Crippen molar-refractivity contribution in [2.75, 3.05) is 13.2 Å². The van der Waals surface area contributed by atoms with Crippen molar-refractivity contribution in [3.8, 4) is 0 Å². The number of carbonyl (C=O) groups excluding carboxylic acids is 3. The van der Waals surface area contributed by atoms with Gasteiger partial charge in [-0.1, -0.05) is 264 Å². The number of hydrogen-bond acceptors (Lipinski definition) is 6. The monoisotopic (exact) mass is 1040 g/mol. The number of hydrogen-bond donors (Lipinski definition) is 0. The van der Waals surface area contributed by atoms with E-state index in [1.807, 2.05) is 0 Å². The highest BCUT2D eigenvalue weighted by atomic mass is 16.6. The molecule has 6 heteroatoms. The minimum Gasteiger partial charge on any atom is -0.462 e. The predicted octanol–water partition coefficient (Wildman–Crippen LogP) is 21.0. The van der Waals surface area contributed by atoms with Crippen LogP contribution in [-0.4, -0.2) is 37.2 Å². The molecule has 0 rings (SSSR count). The second-order valence-electron chi connectivity index (χ2n) is 19.9. The lowest BCUT2D eigenvalue weighted by Crippen LogP contribution is -2.30. The van der Waals surface area contributed by atoms with Crippen molar-refractivity contribution in [3.05, 3.63) is 134 Å². The number of ether oxygens (including phenoxy) is 3. The lowest BCUT2D eigenvalue weighted by molar-refractivity contribution is -0.167. The maximum absolute atomic E-state index is 12.8. The largest absolute Gasteiger partial charge is 0.462 e. The Balaban J connectivity index is 4.19. The van der Waals surface area contributed by atoms with Crippen molar-refractivity contribution in [3.63, 3.8) is 0 Å². The Kier molecular flexibility index (Phi) is 58.4. The molecule has 0 aromatic carbocycles. The van der Waals surface area contributed by atoms with Crippen LogP contribution in [0.25, 0.3) is 0 Å². The van der Waals surface area contributed by atoms with E-state index in [-0.39, 0.29) is 31.1 Å². The van der Waals surface area contributed by atoms with Crippen LogP contribution >= 0.6 is 0 Å². The standard InChI is InChI=1S/C69H112O6/c1-4-7-10-13-16-18-20-22-24-26-28-29-30-31-32-33-34-35-36-37-38-39-41-42-44-46-48-50-53-56-59-62-68(71)74-65-66(64-73-67(70)61-58-55-52-15-12-9-6-3)75-69(72)63-60-57-54-51-49-47-45-43-40-27-25-23-21-19-17-14-11-8-5-2/h7-8,10-11,16-19,22-25,28-29,31-32,34-35,37-38,40,43,66H,4-6,9,12-15,20-21,26-27,30,33,36,39,41-42,44-65H2,1-3H3/b10-7-,11-8-,18-16-,19-17-,24-22-,25-23-,29-28-,32-31-,35-34-,38-37-,43-40-. The topological polar surface area (TPSA) is 78.9 Å². The third-order valence-electron chi connectivity index (χ3n) is 12.7. The van der Waals surface area contributed by atoms with E-state index < -0.39 is 6.10 Å². The van der Waals surface area contributed by atoms with Gasteiger partial charge >= 0.3 is 17.9 Å². The molecule has 0 aromatic heterocycles. The van der Waals surface area contributed by atoms with Crippen LogP contribution in [0.3, 0.4) is 0 Å². The van der Waals surface area contributed by atoms with Crippen molar-refractivity contribution in [2.45, 2.75) is 271 Å². The van der Waals surface area contributed by atoms with E-state index in [0.29, 0.717) is 19.3 Å². The molecule has 0 spiro atoms. The molecule has 0 bridgehead atoms. The third-order valence-corrected chi connectivity index (χ3v) is 12.7. The van der Waals surface area contributed by atoms with Crippen molar-refractivity contribution >= 4 is 17.9 Å².